The van der Waals surface area contributed by atoms with Gasteiger partial charge < -0.3 is 30.0 Å². The smallest absolute Gasteiger partial charge is 0.309 e. The fourth-order valence-electron chi connectivity index (χ4n) is 7.18. The van der Waals surface area contributed by atoms with Crippen LogP contribution in [0.3, 0.4) is 0 Å². The lowest BCUT2D eigenvalue weighted by atomic mass is 9.75. The van der Waals surface area contributed by atoms with E-state index in [9.17, 15) is 28.3 Å². The maximum atomic E-state index is 15.0. The molecule has 0 spiro atoms. The Labute approximate surface area is 238 Å². The number of carboxylic acid groups (broad SMARTS) is 1. The molecule has 1 aromatic carbocycles. The molecule has 9 nitrogen and oxygen atoms in total. The van der Waals surface area contributed by atoms with Crippen LogP contribution in [0.15, 0.2) is 12.1 Å². The van der Waals surface area contributed by atoms with Crippen molar-refractivity contribution in [1.82, 2.24) is 10.6 Å². The molecule has 41 heavy (non-hydrogen) atoms. The van der Waals surface area contributed by atoms with E-state index in [1.165, 1.54) is 13.2 Å². The summed E-state index contributed by atoms with van der Waals surface area (Å²) in [5.41, 5.74) is -0.721. The summed E-state index contributed by atoms with van der Waals surface area (Å²) in [5, 5.41) is 15.5. The Morgan fingerprint density at radius 2 is 1.80 bits per heavy atom. The number of benzene rings is 1. The van der Waals surface area contributed by atoms with E-state index >= 15 is 0 Å². The summed E-state index contributed by atoms with van der Waals surface area (Å²) in [6.45, 7) is 2.41. The van der Waals surface area contributed by atoms with E-state index in [2.05, 4.69) is 10.6 Å². The first kappa shape index (κ1) is 29.5. The number of methoxy groups -OCH3 is 1. The number of rotatable bonds is 9. The largest absolute Gasteiger partial charge is 0.496 e. The Morgan fingerprint density at radius 3 is 2.49 bits per heavy atom. The zero-order valence-corrected chi connectivity index (χ0v) is 23.6. The lowest BCUT2D eigenvalue weighted by Crippen LogP contribution is -2.50. The first-order valence-electron chi connectivity index (χ1n) is 14.7. The van der Waals surface area contributed by atoms with Gasteiger partial charge >= 0.3 is 5.97 Å². The summed E-state index contributed by atoms with van der Waals surface area (Å²) in [7, 11) is 1.35. The molecule has 4 fully saturated rings. The average Bonchev–Trinajstić information content (AvgIpc) is 3.56. The van der Waals surface area contributed by atoms with Crippen molar-refractivity contribution in [3.05, 3.63) is 23.5 Å². The third-order valence-electron chi connectivity index (χ3n) is 9.77. The van der Waals surface area contributed by atoms with Crippen molar-refractivity contribution in [1.29, 1.82) is 0 Å². The molecule has 3 N–H and O–H groups in total. The number of halogens is 2. The van der Waals surface area contributed by atoms with Gasteiger partial charge in [0.05, 0.1) is 36.7 Å². The lowest BCUT2D eigenvalue weighted by Gasteiger charge is -2.34. The van der Waals surface area contributed by atoms with Crippen LogP contribution in [0.2, 0.25) is 0 Å². The van der Waals surface area contributed by atoms with Crippen molar-refractivity contribution >= 4 is 17.8 Å². The Morgan fingerprint density at radius 1 is 1.07 bits per heavy atom. The molecule has 2 amide bonds. The van der Waals surface area contributed by atoms with Crippen LogP contribution in [0.25, 0.3) is 0 Å². The lowest BCUT2D eigenvalue weighted by molar-refractivity contribution is -0.150. The highest BCUT2D eigenvalue weighted by Crippen LogP contribution is 2.49. The van der Waals surface area contributed by atoms with Crippen LogP contribution >= 0.6 is 0 Å². The maximum Gasteiger partial charge on any atom is 0.309 e. The van der Waals surface area contributed by atoms with Crippen molar-refractivity contribution in [2.75, 3.05) is 20.3 Å². The van der Waals surface area contributed by atoms with Gasteiger partial charge in [-0.3, -0.25) is 14.4 Å². The molecule has 3 aliphatic carbocycles. The van der Waals surface area contributed by atoms with E-state index in [0.717, 1.165) is 25.3 Å². The molecule has 1 aromatic rings. The molecular weight excluding hydrogens is 538 g/mol. The second kappa shape index (κ2) is 12.1. The van der Waals surface area contributed by atoms with E-state index in [4.69, 9.17) is 14.2 Å². The number of amides is 2. The topological polar surface area (TPSA) is 123 Å². The normalized spacial score (nSPS) is 34.6. The van der Waals surface area contributed by atoms with Gasteiger partial charge in [0.15, 0.2) is 17.9 Å². The van der Waals surface area contributed by atoms with Crippen LogP contribution < -0.4 is 20.1 Å². The monoisotopic (exact) mass is 578 g/mol. The molecule has 0 unspecified atom stereocenters. The number of carboxylic acids is 1. The second-order valence-electron chi connectivity index (χ2n) is 12.4. The molecule has 226 valence electrons. The number of nitrogens with one attached hydrogen (secondary N) is 2. The van der Waals surface area contributed by atoms with Gasteiger partial charge in [-0.1, -0.05) is 0 Å². The van der Waals surface area contributed by atoms with E-state index < -0.39 is 35.4 Å². The molecule has 3 saturated carbocycles. The molecule has 4 aliphatic rings. The fraction of sp³-hybridized carbons (Fsp3) is 0.700. The quantitative estimate of drug-likeness (QED) is 0.401. The molecule has 11 heteroatoms. The number of carbonyl (C=O) groups excluding carboxylic acids is 2. The zero-order valence-electron chi connectivity index (χ0n) is 23.6. The standard InChI is InChI=1S/C30H40F2N2O7/c1-30(29(37)38)8-5-19(6-9-30)41-23-13-20(22(39-2)14-21(23)31)27(35)34-26-18-4-3-17(12-18)25(26)28(36)33-15-16-7-10-40-24(32)11-16/h13-14,16-19,24-26H,3-12,15H2,1-2H3,(H,33,36)(H,34,35)(H,37,38)/t16-,17+,18-,19?,24+,25-,26+,30?/m0/s1. The number of hydrogen-bond acceptors (Lipinski definition) is 6. The molecule has 1 heterocycles. The van der Waals surface area contributed by atoms with E-state index in [-0.39, 0.29) is 59.3 Å². The second-order valence-corrected chi connectivity index (χ2v) is 12.4. The third-order valence-corrected chi connectivity index (χ3v) is 9.77. The van der Waals surface area contributed by atoms with E-state index in [0.29, 0.717) is 45.3 Å². The van der Waals surface area contributed by atoms with Crippen molar-refractivity contribution in [3.8, 4) is 11.5 Å². The predicted molar refractivity (Wildman–Crippen MR) is 144 cm³/mol. The highest BCUT2D eigenvalue weighted by molar-refractivity contribution is 5.98. The summed E-state index contributed by atoms with van der Waals surface area (Å²) in [5.74, 6) is -2.25. The van der Waals surface area contributed by atoms with Crippen LogP contribution in [-0.4, -0.2) is 61.7 Å². The number of alkyl halides is 1. The number of aliphatic carboxylic acids is 1. The van der Waals surface area contributed by atoms with Crippen molar-refractivity contribution < 1.29 is 42.5 Å². The molecule has 0 aromatic heterocycles. The van der Waals surface area contributed by atoms with Gasteiger partial charge in [-0.25, -0.2) is 8.78 Å². The summed E-state index contributed by atoms with van der Waals surface area (Å²) >= 11 is 0. The fourth-order valence-corrected chi connectivity index (χ4v) is 7.18. The third kappa shape index (κ3) is 6.29. The van der Waals surface area contributed by atoms with E-state index in [1.807, 2.05) is 0 Å². The molecule has 2 bridgehead atoms. The highest BCUT2D eigenvalue weighted by Gasteiger charge is 2.51. The molecular formula is C30H40F2N2O7. The minimum absolute atomic E-state index is 0.0123. The maximum absolute atomic E-state index is 15.0. The van der Waals surface area contributed by atoms with Gasteiger partial charge in [0.1, 0.15) is 5.75 Å². The molecule has 6 atom stereocenters. The summed E-state index contributed by atoms with van der Waals surface area (Å²) in [6.07, 6.45) is 3.68. The number of ether oxygens (including phenoxy) is 3. The predicted octanol–water partition coefficient (Wildman–Crippen LogP) is 4.23. The molecule has 0 radical (unpaired) electrons. The SMILES string of the molecule is COc1cc(F)c(OC2CCC(C)(C(=O)O)CC2)cc1C(=O)N[C@@H]1[C@H]2CC[C@H](C2)[C@@H]1C(=O)NC[C@H]1CCO[C@@H](F)C1. The van der Waals surface area contributed by atoms with Crippen LogP contribution in [-0.2, 0) is 14.3 Å². The number of fused-ring (bicyclic) bond motifs is 2. The van der Waals surface area contributed by atoms with Crippen LogP contribution in [0.1, 0.15) is 75.1 Å². The first-order chi connectivity index (χ1) is 19.6. The van der Waals surface area contributed by atoms with Crippen molar-refractivity contribution in [2.45, 2.75) is 83.2 Å². The van der Waals surface area contributed by atoms with Crippen molar-refractivity contribution in [3.63, 3.8) is 0 Å². The Balaban J connectivity index is 1.26. The summed E-state index contributed by atoms with van der Waals surface area (Å²) in [4.78, 5) is 38.4. The Bertz CT molecular complexity index is 1160. The minimum atomic E-state index is -1.30. The van der Waals surface area contributed by atoms with Gasteiger partial charge in [-0.05, 0) is 82.1 Å². The van der Waals surface area contributed by atoms with Gasteiger partial charge in [0.25, 0.3) is 5.91 Å². The number of hydrogen-bond donors (Lipinski definition) is 3. The Kier molecular flexibility index (Phi) is 8.73. The zero-order chi connectivity index (χ0) is 29.3. The van der Waals surface area contributed by atoms with Crippen LogP contribution in [0.5, 0.6) is 11.5 Å². The van der Waals surface area contributed by atoms with Crippen LogP contribution in [0, 0.1) is 34.9 Å². The molecule has 1 saturated heterocycles. The molecule has 1 aliphatic heterocycles. The number of carbonyl (C=O) groups is 3. The highest BCUT2D eigenvalue weighted by atomic mass is 19.1. The first-order valence-corrected chi connectivity index (χ1v) is 14.7. The van der Waals surface area contributed by atoms with Gasteiger partial charge in [-0.15, -0.1) is 0 Å². The van der Waals surface area contributed by atoms with E-state index in [1.54, 1.807) is 6.92 Å². The Hall–Kier alpha value is -2.95. The molecule has 5 rings (SSSR count). The van der Waals surface area contributed by atoms with Crippen molar-refractivity contribution in [2.24, 2.45) is 29.1 Å². The summed E-state index contributed by atoms with van der Waals surface area (Å²) in [6, 6.07) is 2.07. The van der Waals surface area contributed by atoms with Gasteiger partial charge in [-0.2, -0.15) is 0 Å². The van der Waals surface area contributed by atoms with Gasteiger partial charge in [0.2, 0.25) is 5.91 Å². The summed E-state index contributed by atoms with van der Waals surface area (Å²) < 4.78 is 44.8. The minimum Gasteiger partial charge on any atom is -0.496 e. The van der Waals surface area contributed by atoms with Gasteiger partial charge in [0, 0.05) is 25.1 Å². The van der Waals surface area contributed by atoms with Crippen LogP contribution in [0.4, 0.5) is 8.78 Å². The average molecular weight is 579 g/mol.